The topological polar surface area (TPSA) is 12.9 Å². The highest BCUT2D eigenvalue weighted by Gasteiger charge is 2.00. The van der Waals surface area contributed by atoms with Crippen molar-refractivity contribution in [3.63, 3.8) is 0 Å². The number of halogens is 1. The van der Waals surface area contributed by atoms with E-state index >= 15 is 0 Å². The highest BCUT2D eigenvalue weighted by atomic mass is 19.1. The molecule has 0 fully saturated rings. The molecule has 0 unspecified atom stereocenters. The summed E-state index contributed by atoms with van der Waals surface area (Å²) in [5, 5.41) is 0. The zero-order chi connectivity index (χ0) is 7.72. The maximum Gasteiger partial charge on any atom is 0.213 e. The van der Waals surface area contributed by atoms with Crippen LogP contribution >= 0.6 is 0 Å². The van der Waals surface area contributed by atoms with Crippen LogP contribution < -0.4 is 0 Å². The summed E-state index contributed by atoms with van der Waals surface area (Å²) in [6, 6.07) is 1.24. The predicted molar refractivity (Wildman–Crippen MR) is 35.7 cm³/mol. The second kappa shape index (κ2) is 2.37. The van der Waals surface area contributed by atoms with Crippen molar-refractivity contribution in [2.24, 2.45) is 0 Å². The van der Waals surface area contributed by atoms with Gasteiger partial charge < -0.3 is 0 Å². The molecule has 0 aliphatic rings. The maximum absolute atomic E-state index is 12.4. The molecule has 0 bridgehead atoms. The quantitative estimate of drug-likeness (QED) is 0.493. The average molecular weight is 135 g/mol. The van der Waals surface area contributed by atoms with Gasteiger partial charge >= 0.3 is 0 Å². The van der Waals surface area contributed by atoms with Crippen LogP contribution in [0.1, 0.15) is 16.8 Å². The summed E-state index contributed by atoms with van der Waals surface area (Å²) in [5.74, 6) is -0.593. The standard InChI is InChI=1S/C8H6FN/c1-5-4-8(9)10-7(3)6(5)2/h2-4H,1H3. The lowest BCUT2D eigenvalue weighted by molar-refractivity contribution is 0.580. The van der Waals surface area contributed by atoms with Gasteiger partial charge in [0.1, 0.15) is 0 Å². The minimum Gasteiger partial charge on any atom is -0.224 e. The van der Waals surface area contributed by atoms with Crippen LogP contribution in [-0.4, -0.2) is 4.98 Å². The molecular formula is C8H6FN. The molecule has 1 nitrogen and oxygen atoms in total. The Kier molecular flexibility index (Phi) is 1.70. The van der Waals surface area contributed by atoms with Crippen molar-refractivity contribution >= 4 is 0 Å². The van der Waals surface area contributed by atoms with E-state index in [0.717, 1.165) is 0 Å². The summed E-state index contributed by atoms with van der Waals surface area (Å²) in [6.07, 6.45) is 0. The molecule has 0 amide bonds. The number of pyridine rings is 1. The van der Waals surface area contributed by atoms with Gasteiger partial charge in [0.05, 0.1) is 5.69 Å². The van der Waals surface area contributed by atoms with E-state index in [1.807, 2.05) is 0 Å². The third-order valence-corrected chi connectivity index (χ3v) is 1.26. The van der Waals surface area contributed by atoms with Crippen molar-refractivity contribution in [2.75, 3.05) is 0 Å². The summed E-state index contributed by atoms with van der Waals surface area (Å²) in [5.41, 5.74) is 1.02. The molecule has 1 aromatic heterocycles. The molecule has 1 heterocycles. The van der Waals surface area contributed by atoms with E-state index in [9.17, 15) is 4.39 Å². The van der Waals surface area contributed by atoms with Crippen LogP contribution in [0.3, 0.4) is 0 Å². The zero-order valence-electron chi connectivity index (χ0n) is 5.56. The fourth-order valence-electron chi connectivity index (χ4n) is 0.666. The molecule has 0 aromatic carbocycles. The maximum atomic E-state index is 12.4. The van der Waals surface area contributed by atoms with Gasteiger partial charge in [-0.25, -0.2) is 4.98 Å². The Bertz CT molecular complexity index is 232. The van der Waals surface area contributed by atoms with Crippen molar-refractivity contribution in [3.8, 4) is 0 Å². The SMILES string of the molecule is [CH]c1nc(F)cc(C)c1[CH]. The number of nitrogens with zero attached hydrogens (tertiary/aromatic N) is 1. The third kappa shape index (κ3) is 1.15. The first-order valence-electron chi connectivity index (χ1n) is 2.79. The summed E-state index contributed by atoms with van der Waals surface area (Å²) in [6.45, 7) is 12.3. The lowest BCUT2D eigenvalue weighted by Crippen LogP contribution is -1.93. The molecule has 0 saturated heterocycles. The van der Waals surface area contributed by atoms with Crippen LogP contribution in [0.5, 0.6) is 0 Å². The normalized spacial score (nSPS) is 10.0. The molecule has 50 valence electrons. The minimum atomic E-state index is -0.593. The number of aryl methyl sites for hydroxylation is 1. The molecule has 1 rings (SSSR count). The van der Waals surface area contributed by atoms with Crippen LogP contribution in [0, 0.1) is 26.7 Å². The average Bonchev–Trinajstić information content (AvgIpc) is 1.82. The van der Waals surface area contributed by atoms with Gasteiger partial charge in [-0.2, -0.15) is 4.39 Å². The van der Waals surface area contributed by atoms with E-state index in [2.05, 4.69) is 4.98 Å². The van der Waals surface area contributed by atoms with E-state index in [1.54, 1.807) is 6.92 Å². The van der Waals surface area contributed by atoms with E-state index in [4.69, 9.17) is 13.8 Å². The lowest BCUT2D eigenvalue weighted by Gasteiger charge is -2.00. The minimum absolute atomic E-state index is 0.0532. The largest absolute Gasteiger partial charge is 0.224 e. The molecule has 4 radical (unpaired) electrons. The van der Waals surface area contributed by atoms with Crippen molar-refractivity contribution < 1.29 is 4.39 Å². The van der Waals surface area contributed by atoms with Gasteiger partial charge in [-0.3, -0.25) is 0 Å². The highest BCUT2D eigenvalue weighted by Crippen LogP contribution is 2.09. The first-order valence-corrected chi connectivity index (χ1v) is 2.79. The Morgan fingerprint density at radius 1 is 1.50 bits per heavy atom. The van der Waals surface area contributed by atoms with Crippen LogP contribution in [0.15, 0.2) is 6.07 Å². The Balaban J connectivity index is 3.31. The first kappa shape index (κ1) is 7.19. The van der Waals surface area contributed by atoms with E-state index in [0.29, 0.717) is 11.1 Å². The van der Waals surface area contributed by atoms with Gasteiger partial charge in [0.2, 0.25) is 5.95 Å². The van der Waals surface area contributed by atoms with E-state index < -0.39 is 5.95 Å². The number of rotatable bonds is 0. The van der Waals surface area contributed by atoms with E-state index in [1.165, 1.54) is 6.07 Å². The van der Waals surface area contributed by atoms with Gasteiger partial charge in [0, 0.05) is 13.8 Å². The van der Waals surface area contributed by atoms with Gasteiger partial charge in [-0.05, 0) is 24.1 Å². The van der Waals surface area contributed by atoms with Crippen LogP contribution in [0.2, 0.25) is 0 Å². The molecule has 0 aliphatic heterocycles. The van der Waals surface area contributed by atoms with Gasteiger partial charge in [-0.1, -0.05) is 0 Å². The third-order valence-electron chi connectivity index (χ3n) is 1.26. The Morgan fingerprint density at radius 2 is 2.10 bits per heavy atom. The van der Waals surface area contributed by atoms with Gasteiger partial charge in [0.15, 0.2) is 0 Å². The van der Waals surface area contributed by atoms with Gasteiger partial charge in [-0.15, -0.1) is 0 Å². The van der Waals surface area contributed by atoms with Crippen molar-refractivity contribution in [1.82, 2.24) is 4.98 Å². The molecule has 0 aliphatic carbocycles. The fourth-order valence-corrected chi connectivity index (χ4v) is 0.666. The summed E-state index contributed by atoms with van der Waals surface area (Å²) >= 11 is 0. The molecular weight excluding hydrogens is 129 g/mol. The van der Waals surface area contributed by atoms with Crippen LogP contribution in [-0.2, 0) is 0 Å². The molecule has 0 atom stereocenters. The predicted octanol–water partition coefficient (Wildman–Crippen LogP) is 1.65. The summed E-state index contributed by atoms with van der Waals surface area (Å²) in [4.78, 5) is 3.32. The molecule has 0 spiro atoms. The molecule has 10 heavy (non-hydrogen) atoms. The monoisotopic (exact) mass is 135 g/mol. The number of aromatic nitrogens is 1. The van der Waals surface area contributed by atoms with Crippen LogP contribution in [0.25, 0.3) is 0 Å². The van der Waals surface area contributed by atoms with Gasteiger partial charge in [0.25, 0.3) is 0 Å². The van der Waals surface area contributed by atoms with E-state index in [-0.39, 0.29) is 5.69 Å². The molecule has 0 saturated carbocycles. The Hall–Kier alpha value is -0.920. The smallest absolute Gasteiger partial charge is 0.213 e. The number of hydrogen-bond acceptors (Lipinski definition) is 1. The molecule has 1 aromatic rings. The fraction of sp³-hybridized carbons (Fsp3) is 0.125. The summed E-state index contributed by atoms with van der Waals surface area (Å²) in [7, 11) is 0. The lowest BCUT2D eigenvalue weighted by atomic mass is 10.1. The molecule has 0 N–H and O–H groups in total. The molecule has 2 heteroatoms. The zero-order valence-corrected chi connectivity index (χ0v) is 5.56. The first-order chi connectivity index (χ1) is 4.61. The van der Waals surface area contributed by atoms with Crippen LogP contribution in [0.4, 0.5) is 4.39 Å². The summed E-state index contributed by atoms with van der Waals surface area (Å²) < 4.78 is 12.4. The number of hydrogen-bond donors (Lipinski definition) is 0. The Labute approximate surface area is 59.9 Å². The Morgan fingerprint density at radius 3 is 2.60 bits per heavy atom. The van der Waals surface area contributed by atoms with Crippen molar-refractivity contribution in [3.05, 3.63) is 42.7 Å². The highest BCUT2D eigenvalue weighted by molar-refractivity contribution is 5.33. The van der Waals surface area contributed by atoms with Crippen molar-refractivity contribution in [2.45, 2.75) is 6.92 Å². The second-order valence-electron chi connectivity index (χ2n) is 2.06. The second-order valence-corrected chi connectivity index (χ2v) is 2.06. The van der Waals surface area contributed by atoms with Crippen molar-refractivity contribution in [1.29, 1.82) is 0 Å².